The van der Waals surface area contributed by atoms with Gasteiger partial charge in [-0.15, -0.1) is 0 Å². The maximum Gasteiger partial charge on any atom is 0.153 e. The number of nitrogen functional groups attached to an aromatic ring is 1. The number of rotatable bonds is 2. The molecule has 0 atom stereocenters. The monoisotopic (exact) mass is 323 g/mol. The molecule has 1 aliphatic rings. The summed E-state index contributed by atoms with van der Waals surface area (Å²) in [7, 11) is 0. The standard InChI is InChI=1S/C16H19Cl2N3/c1-15(2)13(16(15,3)4)12-11(14(19)21-20-12)8-5-6-9(17)10(18)7-8/h5-7,13H,1-4H3,(H3,19,20,21). The van der Waals surface area contributed by atoms with Crippen LogP contribution in [0, 0.1) is 10.8 Å². The Balaban J connectivity index is 2.13. The second-order valence-corrected chi connectivity index (χ2v) is 7.72. The van der Waals surface area contributed by atoms with E-state index in [2.05, 4.69) is 37.9 Å². The molecule has 112 valence electrons. The molecule has 1 fully saturated rings. The van der Waals surface area contributed by atoms with E-state index in [0.717, 1.165) is 16.8 Å². The van der Waals surface area contributed by atoms with E-state index in [1.54, 1.807) is 6.07 Å². The summed E-state index contributed by atoms with van der Waals surface area (Å²) in [5.74, 6) is 0.890. The normalized spacial score (nSPS) is 19.7. The third-order valence-corrected chi connectivity index (χ3v) is 6.08. The molecule has 0 amide bonds. The molecule has 1 aromatic carbocycles. The van der Waals surface area contributed by atoms with E-state index in [1.807, 2.05) is 12.1 Å². The maximum absolute atomic E-state index is 6.14. The van der Waals surface area contributed by atoms with E-state index < -0.39 is 0 Å². The highest BCUT2D eigenvalue weighted by molar-refractivity contribution is 6.42. The van der Waals surface area contributed by atoms with Gasteiger partial charge in [0, 0.05) is 17.2 Å². The van der Waals surface area contributed by atoms with Crippen molar-refractivity contribution in [1.29, 1.82) is 0 Å². The molecule has 0 unspecified atom stereocenters. The Morgan fingerprint density at radius 2 is 1.71 bits per heavy atom. The van der Waals surface area contributed by atoms with Crippen molar-refractivity contribution in [2.75, 3.05) is 5.73 Å². The number of aromatic amines is 1. The average molecular weight is 324 g/mol. The first-order valence-electron chi connectivity index (χ1n) is 6.97. The first kappa shape index (κ1) is 14.7. The average Bonchev–Trinajstić information content (AvgIpc) is 2.68. The van der Waals surface area contributed by atoms with Crippen LogP contribution in [-0.2, 0) is 0 Å². The second kappa shape index (κ2) is 4.40. The summed E-state index contributed by atoms with van der Waals surface area (Å²) in [4.78, 5) is 0. The molecule has 5 heteroatoms. The van der Waals surface area contributed by atoms with Crippen LogP contribution in [-0.4, -0.2) is 10.2 Å². The van der Waals surface area contributed by atoms with E-state index in [0.29, 0.717) is 21.8 Å². The summed E-state index contributed by atoms with van der Waals surface area (Å²) in [5.41, 5.74) is 9.47. The molecule has 3 N–H and O–H groups in total. The molecule has 3 nitrogen and oxygen atoms in total. The van der Waals surface area contributed by atoms with Gasteiger partial charge in [0.15, 0.2) is 5.82 Å². The van der Waals surface area contributed by atoms with Gasteiger partial charge in [0.25, 0.3) is 0 Å². The number of hydrogen-bond donors (Lipinski definition) is 2. The Bertz CT molecular complexity index is 702. The predicted molar refractivity (Wildman–Crippen MR) is 88.8 cm³/mol. The molecule has 3 rings (SSSR count). The van der Waals surface area contributed by atoms with Gasteiger partial charge in [0.05, 0.1) is 10.0 Å². The quantitative estimate of drug-likeness (QED) is 0.806. The van der Waals surface area contributed by atoms with Crippen molar-refractivity contribution in [3.63, 3.8) is 0 Å². The fourth-order valence-electron chi connectivity index (χ4n) is 3.45. The minimum Gasteiger partial charge on any atom is -0.382 e. The first-order valence-corrected chi connectivity index (χ1v) is 7.72. The van der Waals surface area contributed by atoms with Crippen molar-refractivity contribution < 1.29 is 0 Å². The zero-order valence-electron chi connectivity index (χ0n) is 12.6. The van der Waals surface area contributed by atoms with Crippen LogP contribution in [0.2, 0.25) is 10.0 Å². The smallest absolute Gasteiger partial charge is 0.153 e. The Morgan fingerprint density at radius 1 is 1.10 bits per heavy atom. The maximum atomic E-state index is 6.14. The zero-order chi connectivity index (χ0) is 15.6. The summed E-state index contributed by atoms with van der Waals surface area (Å²) in [6.45, 7) is 9.08. The molecule has 0 radical (unpaired) electrons. The topological polar surface area (TPSA) is 54.7 Å². The minimum absolute atomic E-state index is 0.205. The van der Waals surface area contributed by atoms with Crippen LogP contribution in [0.15, 0.2) is 18.2 Å². The Morgan fingerprint density at radius 3 is 2.24 bits per heavy atom. The molecule has 0 aliphatic heterocycles. The Hall–Kier alpha value is -1.19. The summed E-state index contributed by atoms with van der Waals surface area (Å²) >= 11 is 12.1. The highest BCUT2D eigenvalue weighted by Crippen LogP contribution is 2.74. The number of anilines is 1. The van der Waals surface area contributed by atoms with Crippen LogP contribution in [0.25, 0.3) is 11.1 Å². The number of hydrogen-bond acceptors (Lipinski definition) is 2. The second-order valence-electron chi connectivity index (χ2n) is 6.90. The lowest BCUT2D eigenvalue weighted by Crippen LogP contribution is -1.95. The fourth-order valence-corrected chi connectivity index (χ4v) is 3.75. The van der Waals surface area contributed by atoms with Crippen molar-refractivity contribution in [3.05, 3.63) is 33.9 Å². The first-order chi connectivity index (χ1) is 9.68. The van der Waals surface area contributed by atoms with Crippen LogP contribution >= 0.6 is 23.2 Å². The van der Waals surface area contributed by atoms with Gasteiger partial charge in [-0.2, -0.15) is 5.10 Å². The molecule has 21 heavy (non-hydrogen) atoms. The number of nitrogens with zero attached hydrogens (tertiary/aromatic N) is 1. The fraction of sp³-hybridized carbons (Fsp3) is 0.438. The van der Waals surface area contributed by atoms with Crippen LogP contribution < -0.4 is 5.73 Å². The molecule has 0 bridgehead atoms. The lowest BCUT2D eigenvalue weighted by atomic mass is 9.99. The Kier molecular flexibility index (Phi) is 3.09. The molecule has 1 aromatic heterocycles. The summed E-state index contributed by atoms with van der Waals surface area (Å²) in [5, 5.41) is 8.40. The van der Waals surface area contributed by atoms with E-state index in [9.17, 15) is 0 Å². The number of nitrogens with two attached hydrogens (primary N) is 1. The van der Waals surface area contributed by atoms with Crippen molar-refractivity contribution in [3.8, 4) is 11.1 Å². The van der Waals surface area contributed by atoms with Gasteiger partial charge < -0.3 is 5.73 Å². The van der Waals surface area contributed by atoms with E-state index >= 15 is 0 Å². The van der Waals surface area contributed by atoms with Crippen LogP contribution in [0.1, 0.15) is 39.3 Å². The van der Waals surface area contributed by atoms with Gasteiger partial charge in [-0.25, -0.2) is 0 Å². The number of nitrogens with one attached hydrogen (secondary N) is 1. The molecule has 1 aliphatic carbocycles. The largest absolute Gasteiger partial charge is 0.382 e. The van der Waals surface area contributed by atoms with Crippen LogP contribution in [0.3, 0.4) is 0 Å². The third kappa shape index (κ3) is 1.98. The van der Waals surface area contributed by atoms with E-state index in [1.165, 1.54) is 0 Å². The van der Waals surface area contributed by atoms with E-state index in [4.69, 9.17) is 28.9 Å². The van der Waals surface area contributed by atoms with Gasteiger partial charge in [-0.05, 0) is 28.5 Å². The lowest BCUT2D eigenvalue weighted by molar-refractivity contribution is 0.457. The van der Waals surface area contributed by atoms with Crippen molar-refractivity contribution in [2.24, 2.45) is 10.8 Å². The van der Waals surface area contributed by atoms with E-state index in [-0.39, 0.29) is 10.8 Å². The summed E-state index contributed by atoms with van der Waals surface area (Å²) < 4.78 is 0. The van der Waals surface area contributed by atoms with Crippen molar-refractivity contribution in [1.82, 2.24) is 10.2 Å². The molecule has 0 spiro atoms. The van der Waals surface area contributed by atoms with Crippen molar-refractivity contribution in [2.45, 2.75) is 33.6 Å². The molecular weight excluding hydrogens is 305 g/mol. The summed E-state index contributed by atoms with van der Waals surface area (Å²) in [6.07, 6.45) is 0. The van der Waals surface area contributed by atoms with Gasteiger partial charge in [0.2, 0.25) is 0 Å². The van der Waals surface area contributed by atoms with Crippen LogP contribution in [0.5, 0.6) is 0 Å². The predicted octanol–water partition coefficient (Wildman–Crippen LogP) is 5.12. The number of aromatic nitrogens is 2. The molecular formula is C16H19Cl2N3. The highest BCUT2D eigenvalue weighted by Gasteiger charge is 2.66. The van der Waals surface area contributed by atoms with Gasteiger partial charge in [-0.1, -0.05) is 57.0 Å². The highest BCUT2D eigenvalue weighted by atomic mass is 35.5. The van der Waals surface area contributed by atoms with Crippen molar-refractivity contribution >= 4 is 29.0 Å². The third-order valence-electron chi connectivity index (χ3n) is 5.34. The molecule has 0 saturated heterocycles. The van der Waals surface area contributed by atoms with Gasteiger partial charge in [-0.3, -0.25) is 5.10 Å². The van der Waals surface area contributed by atoms with Gasteiger partial charge >= 0.3 is 0 Å². The number of H-pyrrole nitrogens is 1. The Labute approximate surface area is 134 Å². The molecule has 1 heterocycles. The zero-order valence-corrected chi connectivity index (χ0v) is 14.1. The number of halogens is 2. The van der Waals surface area contributed by atoms with Crippen LogP contribution in [0.4, 0.5) is 5.82 Å². The number of benzene rings is 1. The molecule has 2 aromatic rings. The lowest BCUT2D eigenvalue weighted by Gasteiger charge is -2.07. The molecule has 1 saturated carbocycles. The summed E-state index contributed by atoms with van der Waals surface area (Å²) in [6, 6.07) is 5.57. The SMILES string of the molecule is CC1(C)C(c2[nH]nc(N)c2-c2ccc(Cl)c(Cl)c2)C1(C)C. The minimum atomic E-state index is 0.205. The van der Waals surface area contributed by atoms with Gasteiger partial charge in [0.1, 0.15) is 0 Å².